The number of hydrogen-bond donors (Lipinski definition) is 1. The standard InChI is InChI=1S/C15H21N3O2/c1-4-6-9-16-14(19)11-7-8-12-13(10-11)17-18(5-2)15(12)20-3/h7-8,10H,4-6,9H2,1-3H3,(H,16,19). The maximum absolute atomic E-state index is 12.0. The molecule has 0 bridgehead atoms. The molecule has 1 heterocycles. The van der Waals surface area contributed by atoms with E-state index < -0.39 is 0 Å². The number of nitrogens with one attached hydrogen (secondary N) is 1. The van der Waals surface area contributed by atoms with Crippen molar-refractivity contribution in [3.8, 4) is 5.88 Å². The molecule has 1 aromatic heterocycles. The Hall–Kier alpha value is -2.04. The number of carbonyl (C=O) groups is 1. The highest BCUT2D eigenvalue weighted by atomic mass is 16.5. The fourth-order valence-corrected chi connectivity index (χ4v) is 2.16. The number of aryl methyl sites for hydroxylation is 1. The fourth-order valence-electron chi connectivity index (χ4n) is 2.16. The molecule has 5 nitrogen and oxygen atoms in total. The van der Waals surface area contributed by atoms with Gasteiger partial charge in [0.05, 0.1) is 18.0 Å². The zero-order valence-corrected chi connectivity index (χ0v) is 12.3. The lowest BCUT2D eigenvalue weighted by Gasteiger charge is -2.04. The van der Waals surface area contributed by atoms with Crippen molar-refractivity contribution in [2.24, 2.45) is 0 Å². The number of methoxy groups -OCH3 is 1. The Labute approximate surface area is 118 Å². The van der Waals surface area contributed by atoms with Gasteiger partial charge in [0.15, 0.2) is 0 Å². The van der Waals surface area contributed by atoms with Crippen molar-refractivity contribution in [2.75, 3.05) is 13.7 Å². The molecule has 2 rings (SSSR count). The van der Waals surface area contributed by atoms with Crippen molar-refractivity contribution in [3.05, 3.63) is 23.8 Å². The quantitative estimate of drug-likeness (QED) is 0.824. The number of ether oxygens (including phenoxy) is 1. The van der Waals surface area contributed by atoms with Crippen LogP contribution in [0.15, 0.2) is 18.2 Å². The van der Waals surface area contributed by atoms with Gasteiger partial charge in [-0.1, -0.05) is 13.3 Å². The fraction of sp³-hybridized carbons (Fsp3) is 0.467. The largest absolute Gasteiger partial charge is 0.481 e. The summed E-state index contributed by atoms with van der Waals surface area (Å²) in [5.41, 5.74) is 1.42. The highest BCUT2D eigenvalue weighted by Gasteiger charge is 2.13. The van der Waals surface area contributed by atoms with Crippen LogP contribution in [-0.2, 0) is 6.54 Å². The SMILES string of the molecule is CCCCNC(=O)c1ccc2c(OC)n(CC)nc2c1. The predicted molar refractivity (Wildman–Crippen MR) is 79.2 cm³/mol. The molecule has 0 saturated heterocycles. The van der Waals surface area contributed by atoms with Crippen molar-refractivity contribution in [2.45, 2.75) is 33.2 Å². The average molecular weight is 275 g/mol. The minimum Gasteiger partial charge on any atom is -0.481 e. The third-order valence-corrected chi connectivity index (χ3v) is 3.26. The smallest absolute Gasteiger partial charge is 0.251 e. The molecule has 0 aliphatic heterocycles. The van der Waals surface area contributed by atoms with Gasteiger partial charge in [-0.2, -0.15) is 5.10 Å². The number of amides is 1. The number of benzene rings is 1. The third kappa shape index (κ3) is 2.76. The van der Waals surface area contributed by atoms with Gasteiger partial charge in [-0.3, -0.25) is 4.79 Å². The molecule has 1 amide bonds. The molecule has 0 unspecified atom stereocenters. The van der Waals surface area contributed by atoms with Crippen molar-refractivity contribution in [1.82, 2.24) is 15.1 Å². The van der Waals surface area contributed by atoms with Gasteiger partial charge in [0.25, 0.3) is 5.91 Å². The van der Waals surface area contributed by atoms with Crippen LogP contribution in [0.4, 0.5) is 0 Å². The van der Waals surface area contributed by atoms with Gasteiger partial charge in [0.1, 0.15) is 0 Å². The summed E-state index contributed by atoms with van der Waals surface area (Å²) in [4.78, 5) is 12.0. The van der Waals surface area contributed by atoms with Crippen LogP contribution in [0, 0.1) is 0 Å². The summed E-state index contributed by atoms with van der Waals surface area (Å²) < 4.78 is 7.16. The van der Waals surface area contributed by atoms with Crippen molar-refractivity contribution in [3.63, 3.8) is 0 Å². The highest BCUT2D eigenvalue weighted by molar-refractivity contribution is 5.98. The number of nitrogens with zero attached hydrogens (tertiary/aromatic N) is 2. The van der Waals surface area contributed by atoms with E-state index in [9.17, 15) is 4.79 Å². The van der Waals surface area contributed by atoms with Crippen molar-refractivity contribution >= 4 is 16.8 Å². The van der Waals surface area contributed by atoms with Gasteiger partial charge < -0.3 is 10.1 Å². The van der Waals surface area contributed by atoms with E-state index >= 15 is 0 Å². The molecular formula is C15H21N3O2. The maximum Gasteiger partial charge on any atom is 0.251 e. The van der Waals surface area contributed by atoms with E-state index in [4.69, 9.17) is 4.74 Å². The second-order valence-electron chi connectivity index (χ2n) is 4.67. The Morgan fingerprint density at radius 1 is 1.40 bits per heavy atom. The summed E-state index contributed by atoms with van der Waals surface area (Å²) in [7, 11) is 1.63. The Morgan fingerprint density at radius 2 is 2.20 bits per heavy atom. The van der Waals surface area contributed by atoms with Crippen LogP contribution >= 0.6 is 0 Å². The minimum absolute atomic E-state index is 0.0506. The Kier molecular flexibility index (Phi) is 4.61. The number of unbranched alkanes of at least 4 members (excludes halogenated alkanes) is 1. The van der Waals surface area contributed by atoms with Crippen LogP contribution in [-0.4, -0.2) is 29.3 Å². The summed E-state index contributed by atoms with van der Waals surface area (Å²) in [5.74, 6) is 0.686. The van der Waals surface area contributed by atoms with Gasteiger partial charge in [-0.15, -0.1) is 0 Å². The van der Waals surface area contributed by atoms with Crippen LogP contribution in [0.25, 0.3) is 10.9 Å². The summed E-state index contributed by atoms with van der Waals surface area (Å²) in [5, 5.41) is 8.29. The van der Waals surface area contributed by atoms with Crippen molar-refractivity contribution < 1.29 is 9.53 Å². The Morgan fingerprint density at radius 3 is 2.85 bits per heavy atom. The van der Waals surface area contributed by atoms with Crippen LogP contribution in [0.2, 0.25) is 0 Å². The van der Waals surface area contributed by atoms with E-state index in [0.29, 0.717) is 12.1 Å². The molecule has 0 aliphatic carbocycles. The van der Waals surface area contributed by atoms with Gasteiger partial charge in [-0.05, 0) is 31.5 Å². The molecule has 0 aliphatic rings. The zero-order valence-electron chi connectivity index (χ0n) is 12.3. The molecule has 0 fully saturated rings. The summed E-state index contributed by atoms with van der Waals surface area (Å²) in [6, 6.07) is 5.52. The molecule has 0 radical (unpaired) electrons. The lowest BCUT2D eigenvalue weighted by Crippen LogP contribution is -2.24. The van der Waals surface area contributed by atoms with E-state index in [0.717, 1.165) is 36.2 Å². The van der Waals surface area contributed by atoms with Gasteiger partial charge in [0.2, 0.25) is 5.88 Å². The highest BCUT2D eigenvalue weighted by Crippen LogP contribution is 2.26. The van der Waals surface area contributed by atoms with E-state index in [2.05, 4.69) is 17.3 Å². The Bertz CT molecular complexity index is 604. The van der Waals surface area contributed by atoms with E-state index in [1.54, 1.807) is 11.8 Å². The molecule has 0 atom stereocenters. The second-order valence-corrected chi connectivity index (χ2v) is 4.67. The van der Waals surface area contributed by atoms with Crippen LogP contribution in [0.3, 0.4) is 0 Å². The first-order valence-corrected chi connectivity index (χ1v) is 7.04. The number of hydrogen-bond acceptors (Lipinski definition) is 3. The van der Waals surface area contributed by atoms with E-state index in [-0.39, 0.29) is 5.91 Å². The summed E-state index contributed by atoms with van der Waals surface area (Å²) in [6.45, 7) is 5.55. The molecule has 5 heteroatoms. The summed E-state index contributed by atoms with van der Waals surface area (Å²) >= 11 is 0. The second kappa shape index (κ2) is 6.41. The van der Waals surface area contributed by atoms with Gasteiger partial charge >= 0.3 is 0 Å². The molecule has 0 spiro atoms. The van der Waals surface area contributed by atoms with Gasteiger partial charge in [-0.25, -0.2) is 4.68 Å². The van der Waals surface area contributed by atoms with Gasteiger partial charge in [0, 0.05) is 18.7 Å². The predicted octanol–water partition coefficient (Wildman–Crippen LogP) is 2.59. The molecule has 2 aromatic rings. The maximum atomic E-state index is 12.0. The summed E-state index contributed by atoms with van der Waals surface area (Å²) in [6.07, 6.45) is 2.06. The third-order valence-electron chi connectivity index (χ3n) is 3.26. The molecule has 1 N–H and O–H groups in total. The first-order chi connectivity index (χ1) is 9.71. The minimum atomic E-state index is -0.0506. The van der Waals surface area contributed by atoms with Crippen LogP contribution < -0.4 is 10.1 Å². The average Bonchev–Trinajstić information content (AvgIpc) is 2.83. The zero-order chi connectivity index (χ0) is 14.5. The lowest BCUT2D eigenvalue weighted by molar-refractivity contribution is 0.0953. The van der Waals surface area contributed by atoms with Crippen LogP contribution in [0.1, 0.15) is 37.0 Å². The topological polar surface area (TPSA) is 56.1 Å². The number of rotatable bonds is 6. The number of carbonyl (C=O) groups excluding carboxylic acids is 1. The molecule has 0 saturated carbocycles. The number of aromatic nitrogens is 2. The lowest BCUT2D eigenvalue weighted by atomic mass is 10.1. The Balaban J connectivity index is 2.27. The molecular weight excluding hydrogens is 254 g/mol. The van der Waals surface area contributed by atoms with Crippen molar-refractivity contribution in [1.29, 1.82) is 0 Å². The first kappa shape index (κ1) is 14.4. The molecule has 20 heavy (non-hydrogen) atoms. The van der Waals surface area contributed by atoms with E-state index in [1.165, 1.54) is 0 Å². The monoisotopic (exact) mass is 275 g/mol. The molecule has 108 valence electrons. The van der Waals surface area contributed by atoms with E-state index in [1.807, 2.05) is 25.1 Å². The first-order valence-electron chi connectivity index (χ1n) is 7.04. The number of fused-ring (bicyclic) bond motifs is 1. The van der Waals surface area contributed by atoms with Crippen LogP contribution in [0.5, 0.6) is 5.88 Å². The normalized spacial score (nSPS) is 10.8. The molecule has 1 aromatic carbocycles.